The molecule has 36 heavy (non-hydrogen) atoms. The van der Waals surface area contributed by atoms with Gasteiger partial charge in [-0.05, 0) is 12.1 Å². The number of rotatable bonds is 5. The van der Waals surface area contributed by atoms with Gasteiger partial charge in [-0.25, -0.2) is 18.6 Å². The molecule has 0 saturated carbocycles. The predicted molar refractivity (Wildman–Crippen MR) is 112 cm³/mol. The monoisotopic (exact) mass is 513 g/mol. The van der Waals surface area contributed by atoms with E-state index in [4.69, 9.17) is 24.6 Å². The highest BCUT2D eigenvalue weighted by atomic mass is 19.4. The van der Waals surface area contributed by atoms with E-state index in [2.05, 4.69) is 4.98 Å². The van der Waals surface area contributed by atoms with E-state index < -0.39 is 23.8 Å². The van der Waals surface area contributed by atoms with E-state index in [1.165, 1.54) is 18.3 Å². The Morgan fingerprint density at radius 3 is 2.61 bits per heavy atom. The van der Waals surface area contributed by atoms with Gasteiger partial charge in [-0.2, -0.15) is 18.4 Å². The number of nitrogens with zero attached hydrogens (tertiary/aromatic N) is 3. The Bertz CT molecular complexity index is 1150. The second-order valence-electron chi connectivity index (χ2n) is 8.33. The van der Waals surface area contributed by atoms with Crippen LogP contribution in [0.25, 0.3) is 0 Å². The van der Waals surface area contributed by atoms with Gasteiger partial charge in [0.05, 0.1) is 37.2 Å². The van der Waals surface area contributed by atoms with Crippen LogP contribution in [0.3, 0.4) is 0 Å². The molecule has 4 rings (SSSR count). The molecule has 0 bridgehead atoms. The summed E-state index contributed by atoms with van der Waals surface area (Å²) in [5.41, 5.74) is 0.126. The molecule has 1 aromatic heterocycles. The Labute approximate surface area is 201 Å². The first-order valence-electron chi connectivity index (χ1n) is 10.5. The van der Waals surface area contributed by atoms with Crippen LogP contribution in [0.2, 0.25) is 0 Å². The number of carbonyl (C=O) groups is 2. The number of fused-ring (bicyclic) bond motifs is 1. The number of pyridine rings is 1. The van der Waals surface area contributed by atoms with E-state index in [1.807, 2.05) is 6.07 Å². The van der Waals surface area contributed by atoms with Crippen LogP contribution in [-0.4, -0.2) is 66.0 Å². The maximum atomic E-state index is 13.9. The molecular weight excluding hydrogens is 493 g/mol. The number of aromatic nitrogens is 1. The molecule has 0 unspecified atom stereocenters. The van der Waals surface area contributed by atoms with Crippen molar-refractivity contribution < 1.29 is 46.1 Å². The van der Waals surface area contributed by atoms with E-state index in [-0.39, 0.29) is 29.2 Å². The first kappa shape index (κ1) is 26.8. The van der Waals surface area contributed by atoms with Crippen LogP contribution in [0.15, 0.2) is 36.5 Å². The van der Waals surface area contributed by atoms with Crippen LogP contribution in [0, 0.1) is 34.3 Å². The number of amides is 1. The van der Waals surface area contributed by atoms with E-state index in [1.54, 1.807) is 17.0 Å². The van der Waals surface area contributed by atoms with E-state index in [9.17, 15) is 26.7 Å². The van der Waals surface area contributed by atoms with Crippen molar-refractivity contribution in [2.45, 2.75) is 12.6 Å². The molecule has 2 aliphatic rings. The summed E-state index contributed by atoms with van der Waals surface area (Å²) in [5.74, 6) is -4.44. The van der Waals surface area contributed by atoms with Crippen LogP contribution < -0.4 is 4.74 Å². The van der Waals surface area contributed by atoms with Gasteiger partial charge in [0.1, 0.15) is 6.07 Å². The number of nitriles is 1. The van der Waals surface area contributed by atoms with Crippen molar-refractivity contribution in [3.05, 3.63) is 59.3 Å². The summed E-state index contributed by atoms with van der Waals surface area (Å²) in [6.07, 6.45) is -3.83. The molecule has 2 aromatic rings. The van der Waals surface area contributed by atoms with Crippen molar-refractivity contribution in [2.24, 2.45) is 11.3 Å². The quantitative estimate of drug-likeness (QED) is 0.612. The summed E-state index contributed by atoms with van der Waals surface area (Å²) < 4.78 is 70.5. The third-order valence-corrected chi connectivity index (χ3v) is 5.86. The lowest BCUT2D eigenvalue weighted by molar-refractivity contribution is -0.192. The molecule has 13 heteroatoms. The summed E-state index contributed by atoms with van der Waals surface area (Å²) in [6.45, 7) is 2.19. The van der Waals surface area contributed by atoms with Crippen LogP contribution in [0.1, 0.15) is 11.1 Å². The minimum atomic E-state index is -5.08. The zero-order valence-corrected chi connectivity index (χ0v) is 18.6. The second-order valence-corrected chi connectivity index (χ2v) is 8.33. The molecule has 1 N–H and O–H groups in total. The van der Waals surface area contributed by atoms with Crippen LogP contribution in [-0.2, 0) is 20.7 Å². The van der Waals surface area contributed by atoms with Gasteiger partial charge in [0.15, 0.2) is 11.6 Å². The lowest BCUT2D eigenvalue weighted by Gasteiger charge is -2.26. The molecule has 2 aliphatic heterocycles. The highest BCUT2D eigenvalue weighted by Crippen LogP contribution is 2.41. The number of aliphatic carboxylic acids is 1. The first-order chi connectivity index (χ1) is 16.9. The lowest BCUT2D eigenvalue weighted by Crippen LogP contribution is -2.38. The molecule has 192 valence electrons. The van der Waals surface area contributed by atoms with Crippen molar-refractivity contribution in [1.82, 2.24) is 9.88 Å². The average molecular weight is 513 g/mol. The van der Waals surface area contributed by atoms with Gasteiger partial charge >= 0.3 is 12.1 Å². The van der Waals surface area contributed by atoms with Gasteiger partial charge in [-0.3, -0.25) is 4.79 Å². The Balaban J connectivity index is 0.000000454. The number of halogens is 5. The van der Waals surface area contributed by atoms with Crippen LogP contribution in [0.4, 0.5) is 22.0 Å². The number of alkyl halides is 3. The topological polar surface area (TPSA) is 113 Å². The molecule has 0 aliphatic carbocycles. The number of carboxylic acid groups (broad SMARTS) is 1. The summed E-state index contributed by atoms with van der Waals surface area (Å²) in [4.78, 5) is 27.4. The van der Waals surface area contributed by atoms with Gasteiger partial charge in [0, 0.05) is 36.8 Å². The molecule has 8 nitrogen and oxygen atoms in total. The lowest BCUT2D eigenvalue weighted by atomic mass is 9.82. The van der Waals surface area contributed by atoms with Crippen molar-refractivity contribution in [3.63, 3.8) is 0 Å². The molecule has 2 atom stereocenters. The molecular formula is C23H20F5N3O5. The molecule has 3 heterocycles. The van der Waals surface area contributed by atoms with Crippen molar-refractivity contribution in [1.29, 1.82) is 5.26 Å². The number of benzene rings is 1. The van der Waals surface area contributed by atoms with Gasteiger partial charge in [-0.1, -0.05) is 12.1 Å². The molecule has 1 amide bonds. The summed E-state index contributed by atoms with van der Waals surface area (Å²) in [6, 6.07) is 9.11. The van der Waals surface area contributed by atoms with Crippen molar-refractivity contribution >= 4 is 11.9 Å². The zero-order chi connectivity index (χ0) is 26.5. The Hall–Kier alpha value is -3.79. The maximum Gasteiger partial charge on any atom is 0.490 e. The summed E-state index contributed by atoms with van der Waals surface area (Å²) in [5, 5.41) is 16.0. The average Bonchev–Trinajstić information content (AvgIpc) is 3.38. The highest BCUT2D eigenvalue weighted by Gasteiger charge is 2.52. The molecule has 2 fully saturated rings. The first-order valence-corrected chi connectivity index (χ1v) is 10.5. The molecule has 0 radical (unpaired) electrons. The summed E-state index contributed by atoms with van der Waals surface area (Å²) in [7, 11) is 0. The predicted octanol–water partition coefficient (Wildman–Crippen LogP) is 2.96. The minimum Gasteiger partial charge on any atom is -0.477 e. The number of likely N-dealkylation sites (tertiary alicyclic amines) is 1. The smallest absolute Gasteiger partial charge is 0.477 e. The van der Waals surface area contributed by atoms with E-state index in [0.717, 1.165) is 6.07 Å². The number of carboxylic acids is 1. The zero-order valence-electron chi connectivity index (χ0n) is 18.6. The normalized spacial score (nSPS) is 20.7. The third kappa shape index (κ3) is 6.25. The van der Waals surface area contributed by atoms with Crippen molar-refractivity contribution in [3.8, 4) is 11.9 Å². The van der Waals surface area contributed by atoms with Crippen molar-refractivity contribution in [2.75, 3.05) is 32.9 Å². The van der Waals surface area contributed by atoms with Gasteiger partial charge in [0.2, 0.25) is 11.8 Å². The van der Waals surface area contributed by atoms with Gasteiger partial charge in [-0.15, -0.1) is 0 Å². The Kier molecular flexibility index (Phi) is 8.09. The number of carbonyl (C=O) groups excluding carboxylic acids is 1. The fraction of sp³-hybridized carbons (Fsp3) is 0.391. The van der Waals surface area contributed by atoms with E-state index >= 15 is 0 Å². The Morgan fingerprint density at radius 1 is 1.28 bits per heavy atom. The van der Waals surface area contributed by atoms with Crippen LogP contribution >= 0.6 is 0 Å². The fourth-order valence-corrected chi connectivity index (χ4v) is 3.94. The molecule has 2 saturated heterocycles. The highest BCUT2D eigenvalue weighted by molar-refractivity contribution is 5.79. The molecule has 0 spiro atoms. The standard InChI is InChI=1S/C21H19F2N3O3.C2HF3O2/c22-17-3-1-2-15(20(17)23)6-19(27)26-9-16-10-28-12-21(16,11-26)13-29-18-5-4-14(7-24)8-25-18;3-2(4,5)1(6)7/h1-5,8,16H,6,9-13H2;(H,6,7)/t16-,21+;/m1./s1. The van der Waals surface area contributed by atoms with E-state index in [0.29, 0.717) is 44.4 Å². The number of hydrogen-bond donors (Lipinski definition) is 1. The largest absolute Gasteiger partial charge is 0.490 e. The Morgan fingerprint density at radius 2 is 2.00 bits per heavy atom. The third-order valence-electron chi connectivity index (χ3n) is 5.86. The number of hydrogen-bond acceptors (Lipinski definition) is 6. The minimum absolute atomic E-state index is 0.0513. The molecule has 1 aromatic carbocycles. The number of ether oxygens (including phenoxy) is 2. The SMILES string of the molecule is N#Cc1ccc(OC[C@]23COC[C@H]2CN(C(=O)Cc2cccc(F)c2F)C3)nc1.O=C(O)C(F)(F)F. The van der Waals surface area contributed by atoms with Gasteiger partial charge in [0.25, 0.3) is 0 Å². The fourth-order valence-electron chi connectivity index (χ4n) is 3.94. The summed E-state index contributed by atoms with van der Waals surface area (Å²) >= 11 is 0. The van der Waals surface area contributed by atoms with Crippen LogP contribution in [0.5, 0.6) is 5.88 Å². The van der Waals surface area contributed by atoms with Gasteiger partial charge < -0.3 is 19.5 Å². The second kappa shape index (κ2) is 10.9. The maximum absolute atomic E-state index is 13.9.